The highest BCUT2D eigenvalue weighted by Gasteiger charge is 2.17. The average molecular weight is 286 g/mol. The first kappa shape index (κ1) is 15.3. The van der Waals surface area contributed by atoms with Crippen molar-refractivity contribution in [3.8, 4) is 0 Å². The van der Waals surface area contributed by atoms with Crippen LogP contribution < -0.4 is 11.1 Å². The zero-order chi connectivity index (χ0) is 15.2. The van der Waals surface area contributed by atoms with E-state index in [0.29, 0.717) is 24.8 Å². The maximum Gasteiger partial charge on any atom is 0.243 e. The Labute approximate surface area is 125 Å². The second-order valence-electron chi connectivity index (χ2n) is 5.59. The molecular formula is C16H22N4O. The summed E-state index contributed by atoms with van der Waals surface area (Å²) in [6, 6.07) is 9.52. The number of anilines is 1. The fraction of sp³-hybridized carbons (Fsp3) is 0.375. The predicted molar refractivity (Wildman–Crippen MR) is 83.8 cm³/mol. The number of nitrogens with two attached hydrogens (primary N) is 1. The lowest BCUT2D eigenvalue weighted by molar-refractivity contribution is -0.117. The van der Waals surface area contributed by atoms with Gasteiger partial charge in [0.2, 0.25) is 11.9 Å². The number of hydrogen-bond donors (Lipinski definition) is 2. The zero-order valence-electron chi connectivity index (χ0n) is 12.5. The minimum absolute atomic E-state index is 0.191. The van der Waals surface area contributed by atoms with Crippen LogP contribution in [0.2, 0.25) is 0 Å². The molecule has 5 nitrogen and oxygen atoms in total. The van der Waals surface area contributed by atoms with Gasteiger partial charge in [-0.1, -0.05) is 44.2 Å². The Kier molecular flexibility index (Phi) is 5.11. The van der Waals surface area contributed by atoms with Gasteiger partial charge in [0.1, 0.15) is 0 Å². The van der Waals surface area contributed by atoms with Crippen LogP contribution >= 0.6 is 0 Å². The van der Waals surface area contributed by atoms with Gasteiger partial charge in [-0.3, -0.25) is 10.1 Å². The van der Waals surface area contributed by atoms with Crippen molar-refractivity contribution in [1.29, 1.82) is 0 Å². The largest absolute Gasteiger partial charge is 0.320 e. The third-order valence-electron chi connectivity index (χ3n) is 3.21. The molecule has 112 valence electrons. The molecule has 1 atom stereocenters. The topological polar surface area (TPSA) is 72.9 Å². The minimum Gasteiger partial charge on any atom is -0.320 e. The highest BCUT2D eigenvalue weighted by atomic mass is 16.2. The quantitative estimate of drug-likeness (QED) is 0.855. The number of nitrogens with zero attached hydrogens (tertiary/aromatic N) is 2. The van der Waals surface area contributed by atoms with Crippen molar-refractivity contribution in [2.24, 2.45) is 11.7 Å². The molecule has 0 aliphatic heterocycles. The molecule has 0 spiro atoms. The van der Waals surface area contributed by atoms with E-state index in [2.05, 4.69) is 10.3 Å². The fourth-order valence-corrected chi connectivity index (χ4v) is 2.16. The SMILES string of the molecule is CC(C)C[C@H](N)C(=O)Nc1nccn1Cc1ccccc1. The molecule has 2 rings (SSSR count). The van der Waals surface area contributed by atoms with Gasteiger partial charge in [-0.25, -0.2) is 4.98 Å². The lowest BCUT2D eigenvalue weighted by Crippen LogP contribution is -2.37. The number of carbonyl (C=O) groups is 1. The van der Waals surface area contributed by atoms with Crippen LogP contribution in [0, 0.1) is 5.92 Å². The predicted octanol–water partition coefficient (Wildman–Crippen LogP) is 2.24. The van der Waals surface area contributed by atoms with Crippen LogP contribution in [-0.2, 0) is 11.3 Å². The fourth-order valence-electron chi connectivity index (χ4n) is 2.16. The van der Waals surface area contributed by atoms with Crippen LogP contribution in [-0.4, -0.2) is 21.5 Å². The highest BCUT2D eigenvalue weighted by molar-refractivity contribution is 5.93. The van der Waals surface area contributed by atoms with Gasteiger partial charge in [-0.05, 0) is 17.9 Å². The van der Waals surface area contributed by atoms with Gasteiger partial charge in [-0.2, -0.15) is 0 Å². The molecule has 1 heterocycles. The van der Waals surface area contributed by atoms with Crippen LogP contribution in [0.25, 0.3) is 0 Å². The van der Waals surface area contributed by atoms with Crippen molar-refractivity contribution in [1.82, 2.24) is 9.55 Å². The van der Waals surface area contributed by atoms with Gasteiger partial charge in [0.25, 0.3) is 0 Å². The first-order valence-electron chi connectivity index (χ1n) is 7.17. The second kappa shape index (κ2) is 7.04. The van der Waals surface area contributed by atoms with Crippen molar-refractivity contribution in [3.05, 3.63) is 48.3 Å². The standard InChI is InChI=1S/C16H22N4O/c1-12(2)10-14(17)15(21)19-16-18-8-9-20(16)11-13-6-4-3-5-7-13/h3-9,12,14H,10-11,17H2,1-2H3,(H,18,19,21)/t14-/m0/s1. The molecule has 0 radical (unpaired) electrons. The summed E-state index contributed by atoms with van der Waals surface area (Å²) in [4.78, 5) is 16.3. The summed E-state index contributed by atoms with van der Waals surface area (Å²) in [5.74, 6) is 0.724. The second-order valence-corrected chi connectivity index (χ2v) is 5.59. The van der Waals surface area contributed by atoms with Crippen LogP contribution in [0.15, 0.2) is 42.7 Å². The van der Waals surface area contributed by atoms with E-state index in [1.165, 1.54) is 0 Å². The van der Waals surface area contributed by atoms with E-state index in [-0.39, 0.29) is 5.91 Å². The first-order valence-corrected chi connectivity index (χ1v) is 7.17. The smallest absolute Gasteiger partial charge is 0.243 e. The molecule has 2 aromatic rings. The van der Waals surface area contributed by atoms with Crippen LogP contribution in [0.5, 0.6) is 0 Å². The molecule has 0 bridgehead atoms. The minimum atomic E-state index is -0.508. The molecule has 0 fully saturated rings. The number of rotatable bonds is 6. The Morgan fingerprint density at radius 1 is 1.33 bits per heavy atom. The van der Waals surface area contributed by atoms with Crippen molar-refractivity contribution in [3.63, 3.8) is 0 Å². The number of imidazole rings is 1. The summed E-state index contributed by atoms with van der Waals surface area (Å²) >= 11 is 0. The van der Waals surface area contributed by atoms with E-state index in [0.717, 1.165) is 5.56 Å². The van der Waals surface area contributed by atoms with Crippen molar-refractivity contribution < 1.29 is 4.79 Å². The number of benzene rings is 1. The van der Waals surface area contributed by atoms with E-state index in [9.17, 15) is 4.79 Å². The number of carbonyl (C=O) groups excluding carboxylic acids is 1. The van der Waals surface area contributed by atoms with Gasteiger partial charge < -0.3 is 10.3 Å². The number of nitrogens with one attached hydrogen (secondary N) is 1. The molecular weight excluding hydrogens is 264 g/mol. The normalized spacial score (nSPS) is 12.4. The summed E-state index contributed by atoms with van der Waals surface area (Å²) in [5, 5.41) is 2.80. The van der Waals surface area contributed by atoms with Crippen molar-refractivity contribution >= 4 is 11.9 Å². The van der Waals surface area contributed by atoms with Gasteiger partial charge in [0, 0.05) is 12.4 Å². The van der Waals surface area contributed by atoms with Gasteiger partial charge in [0.15, 0.2) is 0 Å². The number of hydrogen-bond acceptors (Lipinski definition) is 3. The summed E-state index contributed by atoms with van der Waals surface area (Å²) in [6.45, 7) is 4.75. The molecule has 0 aliphatic carbocycles. The Morgan fingerprint density at radius 3 is 2.71 bits per heavy atom. The molecule has 1 aromatic carbocycles. The molecule has 0 saturated heterocycles. The monoisotopic (exact) mass is 286 g/mol. The average Bonchev–Trinajstić information content (AvgIpc) is 2.86. The van der Waals surface area contributed by atoms with E-state index in [1.807, 2.05) is 54.9 Å². The summed E-state index contributed by atoms with van der Waals surface area (Å²) in [6.07, 6.45) is 4.17. The van der Waals surface area contributed by atoms with Crippen LogP contribution in [0.4, 0.5) is 5.95 Å². The maximum absolute atomic E-state index is 12.1. The third kappa shape index (κ3) is 4.43. The highest BCUT2D eigenvalue weighted by Crippen LogP contribution is 2.11. The van der Waals surface area contributed by atoms with Crippen LogP contribution in [0.1, 0.15) is 25.8 Å². The number of aromatic nitrogens is 2. The summed E-state index contributed by atoms with van der Waals surface area (Å²) in [5.41, 5.74) is 7.04. The Balaban J connectivity index is 2.02. The molecule has 3 N–H and O–H groups in total. The zero-order valence-corrected chi connectivity index (χ0v) is 12.5. The first-order chi connectivity index (χ1) is 10.1. The van der Waals surface area contributed by atoms with Gasteiger partial charge >= 0.3 is 0 Å². The van der Waals surface area contributed by atoms with E-state index >= 15 is 0 Å². The molecule has 1 aromatic heterocycles. The summed E-state index contributed by atoms with van der Waals surface area (Å²) in [7, 11) is 0. The lowest BCUT2D eigenvalue weighted by Gasteiger charge is -2.14. The molecule has 1 amide bonds. The lowest BCUT2D eigenvalue weighted by atomic mass is 10.0. The van der Waals surface area contributed by atoms with Crippen molar-refractivity contribution in [2.75, 3.05) is 5.32 Å². The summed E-state index contributed by atoms with van der Waals surface area (Å²) < 4.78 is 1.90. The van der Waals surface area contributed by atoms with E-state index < -0.39 is 6.04 Å². The number of amides is 1. The Hall–Kier alpha value is -2.14. The van der Waals surface area contributed by atoms with Gasteiger partial charge in [0.05, 0.1) is 12.6 Å². The van der Waals surface area contributed by atoms with Crippen molar-refractivity contribution in [2.45, 2.75) is 32.9 Å². The van der Waals surface area contributed by atoms with Crippen LogP contribution in [0.3, 0.4) is 0 Å². The molecule has 0 unspecified atom stereocenters. The molecule has 5 heteroatoms. The Bertz CT molecular complexity index is 577. The molecule has 0 saturated carbocycles. The van der Waals surface area contributed by atoms with E-state index in [1.54, 1.807) is 6.20 Å². The third-order valence-corrected chi connectivity index (χ3v) is 3.21. The molecule has 0 aliphatic rings. The Morgan fingerprint density at radius 2 is 2.05 bits per heavy atom. The molecule has 21 heavy (non-hydrogen) atoms. The van der Waals surface area contributed by atoms with E-state index in [4.69, 9.17) is 5.73 Å². The van der Waals surface area contributed by atoms with Gasteiger partial charge in [-0.15, -0.1) is 0 Å². The maximum atomic E-state index is 12.1.